The number of nitrogens with zero attached hydrogens (tertiary/aromatic N) is 2. The molecule has 4 N–H and O–H groups in total. The van der Waals surface area contributed by atoms with Crippen molar-refractivity contribution in [2.24, 2.45) is 5.84 Å². The fourth-order valence-corrected chi connectivity index (χ4v) is 2.07. The first-order valence-corrected chi connectivity index (χ1v) is 6.10. The number of aromatic nitrogens is 2. The van der Waals surface area contributed by atoms with Crippen molar-refractivity contribution in [3.63, 3.8) is 0 Å². The second kappa shape index (κ2) is 5.11. The molecule has 0 bridgehead atoms. The Bertz CT molecular complexity index is 581. The van der Waals surface area contributed by atoms with Crippen molar-refractivity contribution >= 4 is 28.1 Å². The van der Waals surface area contributed by atoms with Gasteiger partial charge in [0, 0.05) is 0 Å². The topological polar surface area (TPSA) is 92.9 Å². The van der Waals surface area contributed by atoms with Gasteiger partial charge in [-0.2, -0.15) is 0 Å². The molecule has 18 heavy (non-hydrogen) atoms. The summed E-state index contributed by atoms with van der Waals surface area (Å²) in [4.78, 5) is 12.1. The van der Waals surface area contributed by atoms with E-state index in [2.05, 4.69) is 20.9 Å². The fraction of sp³-hybridized carbons (Fsp3) is 0.182. The van der Waals surface area contributed by atoms with Crippen molar-refractivity contribution in [2.75, 3.05) is 10.7 Å². The van der Waals surface area contributed by atoms with Crippen molar-refractivity contribution < 1.29 is 4.79 Å². The first kappa shape index (κ1) is 12.5. The summed E-state index contributed by atoms with van der Waals surface area (Å²) in [5, 5.41) is 11.6. The van der Waals surface area contributed by atoms with Gasteiger partial charge in [-0.15, -0.1) is 10.2 Å². The van der Waals surface area contributed by atoms with E-state index in [1.807, 2.05) is 19.9 Å². The van der Waals surface area contributed by atoms with Crippen LogP contribution in [0.15, 0.2) is 18.2 Å². The maximum Gasteiger partial charge on any atom is 0.259 e. The highest BCUT2D eigenvalue weighted by Gasteiger charge is 2.13. The average Bonchev–Trinajstić information content (AvgIpc) is 2.74. The van der Waals surface area contributed by atoms with E-state index >= 15 is 0 Å². The van der Waals surface area contributed by atoms with Gasteiger partial charge in [-0.3, -0.25) is 16.0 Å². The number of nitrogens with two attached hydrogens (primary N) is 1. The van der Waals surface area contributed by atoms with E-state index < -0.39 is 0 Å². The first-order chi connectivity index (χ1) is 8.60. The number of carbonyl (C=O) groups is 1. The molecule has 0 spiro atoms. The summed E-state index contributed by atoms with van der Waals surface area (Å²) in [5.74, 6) is 5.12. The number of rotatable bonds is 3. The SMILES string of the molecule is Cc1ccc(NN)c(C(=O)Nc2nnc(C)s2)c1. The molecule has 2 aromatic rings. The molecule has 0 fully saturated rings. The van der Waals surface area contributed by atoms with E-state index in [1.165, 1.54) is 11.3 Å². The fourth-order valence-electron chi connectivity index (χ4n) is 1.48. The second-order valence-corrected chi connectivity index (χ2v) is 4.96. The standard InChI is InChI=1S/C11H13N5OS/c1-6-3-4-9(14-12)8(5-6)10(17)13-11-16-15-7(2)18-11/h3-5,14H,12H2,1-2H3,(H,13,16,17). The van der Waals surface area contributed by atoms with Crippen molar-refractivity contribution in [3.05, 3.63) is 34.3 Å². The highest BCUT2D eigenvalue weighted by Crippen LogP contribution is 2.20. The lowest BCUT2D eigenvalue weighted by molar-refractivity contribution is 0.102. The number of aryl methyl sites for hydroxylation is 2. The zero-order valence-corrected chi connectivity index (χ0v) is 10.8. The summed E-state index contributed by atoms with van der Waals surface area (Å²) in [6.07, 6.45) is 0. The highest BCUT2D eigenvalue weighted by molar-refractivity contribution is 7.15. The number of nitrogens with one attached hydrogen (secondary N) is 2. The van der Waals surface area contributed by atoms with Crippen LogP contribution in [0.3, 0.4) is 0 Å². The van der Waals surface area contributed by atoms with Gasteiger partial charge in [0.25, 0.3) is 5.91 Å². The molecule has 1 amide bonds. The molecule has 0 saturated heterocycles. The summed E-state index contributed by atoms with van der Waals surface area (Å²) < 4.78 is 0. The van der Waals surface area contributed by atoms with E-state index in [9.17, 15) is 4.79 Å². The van der Waals surface area contributed by atoms with Crippen molar-refractivity contribution in [3.8, 4) is 0 Å². The summed E-state index contributed by atoms with van der Waals surface area (Å²) in [6.45, 7) is 3.74. The van der Waals surface area contributed by atoms with Gasteiger partial charge in [-0.05, 0) is 26.0 Å². The van der Waals surface area contributed by atoms with E-state index in [0.717, 1.165) is 10.6 Å². The van der Waals surface area contributed by atoms with E-state index in [-0.39, 0.29) is 5.91 Å². The highest BCUT2D eigenvalue weighted by atomic mass is 32.1. The molecule has 0 aliphatic heterocycles. The van der Waals surface area contributed by atoms with Gasteiger partial charge in [-0.1, -0.05) is 23.0 Å². The number of hydrazine groups is 1. The molecule has 0 aliphatic carbocycles. The number of benzene rings is 1. The third-order valence-electron chi connectivity index (χ3n) is 2.32. The molecular weight excluding hydrogens is 250 g/mol. The Balaban J connectivity index is 2.25. The van der Waals surface area contributed by atoms with Gasteiger partial charge < -0.3 is 5.43 Å². The van der Waals surface area contributed by atoms with Crippen LogP contribution in [0.2, 0.25) is 0 Å². The van der Waals surface area contributed by atoms with Crippen LogP contribution in [0.5, 0.6) is 0 Å². The van der Waals surface area contributed by atoms with Crippen LogP contribution in [0.4, 0.5) is 10.8 Å². The molecule has 1 aromatic heterocycles. The Morgan fingerprint density at radius 3 is 2.72 bits per heavy atom. The van der Waals surface area contributed by atoms with Gasteiger partial charge in [0.05, 0.1) is 11.3 Å². The predicted molar refractivity (Wildman–Crippen MR) is 71.6 cm³/mol. The van der Waals surface area contributed by atoms with Crippen molar-refractivity contribution in [1.82, 2.24) is 10.2 Å². The molecule has 7 heteroatoms. The summed E-state index contributed by atoms with van der Waals surface area (Å²) in [5.41, 5.74) is 4.53. The number of carbonyl (C=O) groups excluding carboxylic acids is 1. The molecular formula is C11H13N5OS. The molecule has 2 rings (SSSR count). The lowest BCUT2D eigenvalue weighted by Crippen LogP contribution is -2.17. The van der Waals surface area contributed by atoms with Crippen LogP contribution in [-0.4, -0.2) is 16.1 Å². The molecule has 0 radical (unpaired) electrons. The Kier molecular flexibility index (Phi) is 3.54. The van der Waals surface area contributed by atoms with E-state index in [4.69, 9.17) is 5.84 Å². The number of anilines is 2. The molecule has 0 aliphatic rings. The maximum absolute atomic E-state index is 12.1. The lowest BCUT2D eigenvalue weighted by atomic mass is 10.1. The molecule has 6 nitrogen and oxygen atoms in total. The van der Waals surface area contributed by atoms with Gasteiger partial charge in [-0.25, -0.2) is 0 Å². The van der Waals surface area contributed by atoms with Crippen LogP contribution in [-0.2, 0) is 0 Å². The zero-order chi connectivity index (χ0) is 13.1. The third kappa shape index (κ3) is 2.63. The summed E-state index contributed by atoms with van der Waals surface area (Å²) >= 11 is 1.32. The predicted octanol–water partition coefficient (Wildman–Crippen LogP) is 1.69. The monoisotopic (exact) mass is 263 g/mol. The van der Waals surface area contributed by atoms with Crippen LogP contribution < -0.4 is 16.6 Å². The van der Waals surface area contributed by atoms with Crippen molar-refractivity contribution in [1.29, 1.82) is 0 Å². The van der Waals surface area contributed by atoms with Crippen LogP contribution >= 0.6 is 11.3 Å². The lowest BCUT2D eigenvalue weighted by Gasteiger charge is -2.08. The number of amides is 1. The molecule has 0 unspecified atom stereocenters. The Morgan fingerprint density at radius 2 is 2.11 bits per heavy atom. The maximum atomic E-state index is 12.1. The largest absolute Gasteiger partial charge is 0.323 e. The normalized spacial score (nSPS) is 10.2. The summed E-state index contributed by atoms with van der Waals surface area (Å²) in [7, 11) is 0. The number of hydrogen-bond acceptors (Lipinski definition) is 6. The summed E-state index contributed by atoms with van der Waals surface area (Å²) in [6, 6.07) is 5.40. The van der Waals surface area contributed by atoms with Gasteiger partial charge >= 0.3 is 0 Å². The van der Waals surface area contributed by atoms with E-state index in [0.29, 0.717) is 16.4 Å². The van der Waals surface area contributed by atoms with E-state index in [1.54, 1.807) is 12.1 Å². The Hall–Kier alpha value is -1.99. The average molecular weight is 263 g/mol. The molecule has 0 saturated carbocycles. The first-order valence-electron chi connectivity index (χ1n) is 5.29. The number of nitrogen functional groups attached to an aromatic ring is 1. The minimum absolute atomic E-state index is 0.261. The van der Waals surface area contributed by atoms with Crippen LogP contribution in [0, 0.1) is 13.8 Å². The zero-order valence-electron chi connectivity index (χ0n) is 10.0. The van der Waals surface area contributed by atoms with Crippen LogP contribution in [0.1, 0.15) is 20.9 Å². The molecule has 0 atom stereocenters. The van der Waals surface area contributed by atoms with Gasteiger partial charge in [0.15, 0.2) is 0 Å². The Morgan fingerprint density at radius 1 is 1.33 bits per heavy atom. The molecule has 1 aromatic carbocycles. The van der Waals surface area contributed by atoms with Gasteiger partial charge in [0.2, 0.25) is 5.13 Å². The minimum atomic E-state index is -0.261. The smallest absolute Gasteiger partial charge is 0.259 e. The molecule has 94 valence electrons. The quantitative estimate of drug-likeness (QED) is 0.579. The van der Waals surface area contributed by atoms with Crippen LogP contribution in [0.25, 0.3) is 0 Å². The number of hydrogen-bond donors (Lipinski definition) is 3. The Labute approximate surface area is 108 Å². The van der Waals surface area contributed by atoms with Crippen molar-refractivity contribution in [2.45, 2.75) is 13.8 Å². The van der Waals surface area contributed by atoms with Gasteiger partial charge in [0.1, 0.15) is 5.01 Å². The molecule has 1 heterocycles. The second-order valence-electron chi connectivity index (χ2n) is 3.77. The third-order valence-corrected chi connectivity index (χ3v) is 3.08. The minimum Gasteiger partial charge on any atom is -0.323 e.